The lowest BCUT2D eigenvalue weighted by molar-refractivity contribution is -0.0213. The van der Waals surface area contributed by atoms with Crippen molar-refractivity contribution in [1.29, 1.82) is 0 Å². The summed E-state index contributed by atoms with van der Waals surface area (Å²) in [4.78, 5) is 37.0. The van der Waals surface area contributed by atoms with Gasteiger partial charge in [-0.2, -0.15) is 0 Å². The number of imidazole rings is 1. The SMILES string of the molecule is Cn1cncc1C(NC(=O)OC1(C)CC1)C1=Cc2cccnc2C(O)(C2CCN(C(=O)OC3(C)CC3)CC2)c2ccc(Cl)cc21. The molecular weight excluding hydrogens is 594 g/mol. The van der Waals surface area contributed by atoms with Gasteiger partial charge in [0.2, 0.25) is 0 Å². The van der Waals surface area contributed by atoms with E-state index in [-0.39, 0.29) is 17.6 Å². The normalized spacial score (nSPS) is 23.5. The molecule has 3 fully saturated rings. The number of benzene rings is 1. The fourth-order valence-electron chi connectivity index (χ4n) is 6.60. The predicted octanol–water partition coefficient (Wildman–Crippen LogP) is 5.98. The standard InChI is InChI=1S/C34H38ClN5O5/c1-32(10-11-32)44-30(41)38-28(27-19-36-20-39(27)3)25-17-21-5-4-14-37-29(21)34(43,26-7-6-23(35)18-24(25)26)22-8-15-40(16-9-22)31(42)45-33(2)12-13-33/h4-7,14,17-20,22,28,43H,8-13,15-16H2,1-3H3,(H,38,41). The van der Waals surface area contributed by atoms with Crippen molar-refractivity contribution in [1.82, 2.24) is 24.8 Å². The molecule has 236 valence electrons. The molecule has 11 heteroatoms. The first-order valence-corrected chi connectivity index (χ1v) is 16.0. The highest BCUT2D eigenvalue weighted by Gasteiger charge is 2.49. The number of aliphatic hydroxyl groups is 1. The number of carbonyl (C=O) groups excluding carboxylic acids is 2. The van der Waals surface area contributed by atoms with Crippen LogP contribution in [0.4, 0.5) is 9.59 Å². The second kappa shape index (κ2) is 10.9. The van der Waals surface area contributed by atoms with Crippen molar-refractivity contribution < 1.29 is 24.2 Å². The lowest BCUT2D eigenvalue weighted by atomic mass is 9.72. The number of hydrogen-bond acceptors (Lipinski definition) is 7. The number of nitrogens with one attached hydrogen (secondary N) is 1. The van der Waals surface area contributed by atoms with Crippen LogP contribution in [0.5, 0.6) is 0 Å². The second-order valence-electron chi connectivity index (χ2n) is 13.4. The summed E-state index contributed by atoms with van der Waals surface area (Å²) >= 11 is 6.65. The smallest absolute Gasteiger partial charge is 0.410 e. The molecule has 2 saturated carbocycles. The summed E-state index contributed by atoms with van der Waals surface area (Å²) in [7, 11) is 1.87. The van der Waals surface area contributed by atoms with Crippen molar-refractivity contribution in [2.45, 2.75) is 75.2 Å². The Labute approximate surface area is 267 Å². The van der Waals surface area contributed by atoms with E-state index in [0.29, 0.717) is 47.8 Å². The van der Waals surface area contributed by atoms with Crippen molar-refractivity contribution in [3.63, 3.8) is 0 Å². The second-order valence-corrected chi connectivity index (χ2v) is 13.9. The molecular formula is C34H38ClN5O5. The molecule has 1 aliphatic heterocycles. The first-order chi connectivity index (χ1) is 21.5. The van der Waals surface area contributed by atoms with Crippen LogP contribution in [0, 0.1) is 5.92 Å². The Bertz CT molecular complexity index is 1690. The summed E-state index contributed by atoms with van der Waals surface area (Å²) in [5, 5.41) is 16.6. The number of pyridine rings is 1. The third-order valence-electron chi connectivity index (χ3n) is 9.86. The van der Waals surface area contributed by atoms with Gasteiger partial charge in [-0.3, -0.25) is 4.98 Å². The van der Waals surface area contributed by atoms with Crippen molar-refractivity contribution in [3.05, 3.63) is 82.2 Å². The highest BCUT2D eigenvalue weighted by Crippen LogP contribution is 2.50. The lowest BCUT2D eigenvalue weighted by Crippen LogP contribution is -2.47. The van der Waals surface area contributed by atoms with Crippen LogP contribution < -0.4 is 5.32 Å². The van der Waals surface area contributed by atoms with Crippen molar-refractivity contribution in [3.8, 4) is 0 Å². The zero-order chi connectivity index (χ0) is 31.6. The summed E-state index contributed by atoms with van der Waals surface area (Å²) in [6, 6.07) is 8.54. The van der Waals surface area contributed by atoms with E-state index in [2.05, 4.69) is 10.3 Å². The molecule has 0 radical (unpaired) electrons. The van der Waals surface area contributed by atoms with Crippen LogP contribution >= 0.6 is 11.6 Å². The Kier molecular flexibility index (Phi) is 7.20. The van der Waals surface area contributed by atoms with Gasteiger partial charge < -0.3 is 29.4 Å². The number of fused-ring (bicyclic) bond motifs is 2. The number of aryl methyl sites for hydroxylation is 1. The fraction of sp³-hybridized carbons (Fsp3) is 0.471. The number of amides is 2. The number of carbonyl (C=O) groups is 2. The van der Waals surface area contributed by atoms with E-state index in [4.69, 9.17) is 26.1 Å². The van der Waals surface area contributed by atoms with E-state index in [9.17, 15) is 14.7 Å². The van der Waals surface area contributed by atoms with Crippen LogP contribution in [0.25, 0.3) is 11.6 Å². The molecule has 3 heterocycles. The van der Waals surface area contributed by atoms with E-state index in [1.165, 1.54) is 0 Å². The van der Waals surface area contributed by atoms with E-state index in [1.807, 2.05) is 55.8 Å². The number of hydrogen-bond donors (Lipinski definition) is 2. The summed E-state index contributed by atoms with van der Waals surface area (Å²) in [5.74, 6) is -0.262. The highest BCUT2D eigenvalue weighted by atomic mass is 35.5. The predicted molar refractivity (Wildman–Crippen MR) is 168 cm³/mol. The van der Waals surface area contributed by atoms with Gasteiger partial charge in [0, 0.05) is 37.3 Å². The molecule has 3 aromatic rings. The van der Waals surface area contributed by atoms with E-state index in [0.717, 1.165) is 42.5 Å². The maximum Gasteiger partial charge on any atom is 0.410 e. The van der Waals surface area contributed by atoms with Crippen LogP contribution in [-0.4, -0.2) is 61.0 Å². The largest absolute Gasteiger partial charge is 0.443 e. The van der Waals surface area contributed by atoms with Crippen LogP contribution in [-0.2, 0) is 22.1 Å². The quantitative estimate of drug-likeness (QED) is 0.344. The van der Waals surface area contributed by atoms with Crippen LogP contribution in [0.3, 0.4) is 0 Å². The van der Waals surface area contributed by atoms with Gasteiger partial charge in [-0.05, 0) is 98.9 Å². The molecule has 45 heavy (non-hydrogen) atoms. The molecule has 10 nitrogen and oxygen atoms in total. The topological polar surface area (TPSA) is 119 Å². The Morgan fingerprint density at radius 2 is 1.80 bits per heavy atom. The zero-order valence-electron chi connectivity index (χ0n) is 25.8. The number of alkyl carbamates (subject to hydrolysis) is 1. The Balaban J connectivity index is 1.30. The van der Waals surface area contributed by atoms with Gasteiger partial charge in [-0.15, -0.1) is 0 Å². The molecule has 2 unspecified atom stereocenters. The molecule has 2 atom stereocenters. The summed E-state index contributed by atoms with van der Waals surface area (Å²) in [6.45, 7) is 4.79. The maximum absolute atomic E-state index is 13.3. The molecule has 0 bridgehead atoms. The van der Waals surface area contributed by atoms with Gasteiger partial charge in [0.1, 0.15) is 16.8 Å². The minimum Gasteiger partial charge on any atom is -0.443 e. The average Bonchev–Trinajstić information content (AvgIpc) is 3.90. The van der Waals surface area contributed by atoms with Gasteiger partial charge in [0.25, 0.3) is 0 Å². The molecule has 3 aliphatic carbocycles. The Morgan fingerprint density at radius 1 is 1.09 bits per heavy atom. The van der Waals surface area contributed by atoms with Crippen molar-refractivity contribution in [2.24, 2.45) is 13.0 Å². The number of ether oxygens (including phenoxy) is 2. The minimum absolute atomic E-state index is 0.262. The molecule has 0 spiro atoms. The van der Waals surface area contributed by atoms with Gasteiger partial charge in [0.05, 0.1) is 30.0 Å². The third kappa shape index (κ3) is 5.59. The summed E-state index contributed by atoms with van der Waals surface area (Å²) < 4.78 is 13.4. The number of aromatic nitrogens is 3. The van der Waals surface area contributed by atoms with E-state index >= 15 is 0 Å². The monoisotopic (exact) mass is 631 g/mol. The average molecular weight is 632 g/mol. The lowest BCUT2D eigenvalue weighted by Gasteiger charge is -2.42. The summed E-state index contributed by atoms with van der Waals surface area (Å²) in [6.07, 6.45) is 10.7. The maximum atomic E-state index is 13.3. The molecule has 7 rings (SSSR count). The Hall–Kier alpha value is -3.89. The number of rotatable bonds is 6. The number of nitrogens with zero attached hydrogens (tertiary/aromatic N) is 4. The Morgan fingerprint density at radius 3 is 2.47 bits per heavy atom. The molecule has 1 aromatic carbocycles. The number of halogens is 1. The van der Waals surface area contributed by atoms with Crippen LogP contribution in [0.2, 0.25) is 5.02 Å². The highest BCUT2D eigenvalue weighted by molar-refractivity contribution is 6.30. The van der Waals surface area contributed by atoms with Crippen LogP contribution in [0.1, 0.15) is 86.5 Å². The van der Waals surface area contributed by atoms with E-state index in [1.54, 1.807) is 29.7 Å². The van der Waals surface area contributed by atoms with Gasteiger partial charge >= 0.3 is 12.2 Å². The zero-order valence-corrected chi connectivity index (χ0v) is 26.5. The summed E-state index contributed by atoms with van der Waals surface area (Å²) in [5.41, 5.74) is 1.71. The van der Waals surface area contributed by atoms with E-state index < -0.39 is 23.3 Å². The first kappa shape index (κ1) is 29.8. The van der Waals surface area contributed by atoms with Crippen molar-refractivity contribution in [2.75, 3.05) is 13.1 Å². The fourth-order valence-corrected chi connectivity index (χ4v) is 6.78. The van der Waals surface area contributed by atoms with Crippen molar-refractivity contribution >= 4 is 35.4 Å². The molecule has 2 amide bonds. The minimum atomic E-state index is -1.51. The van der Waals surface area contributed by atoms with Gasteiger partial charge in [0.15, 0.2) is 0 Å². The van der Waals surface area contributed by atoms with Gasteiger partial charge in [-0.1, -0.05) is 23.7 Å². The molecule has 2 aromatic heterocycles. The first-order valence-electron chi connectivity index (χ1n) is 15.6. The molecule has 4 aliphatic rings. The molecule has 1 saturated heterocycles. The molecule has 2 N–H and O–H groups in total. The van der Waals surface area contributed by atoms with Gasteiger partial charge in [-0.25, -0.2) is 14.6 Å². The third-order valence-corrected chi connectivity index (χ3v) is 10.1. The van der Waals surface area contributed by atoms with Crippen LogP contribution in [0.15, 0.2) is 49.1 Å². The number of piperidine rings is 1. The number of likely N-dealkylation sites (tertiary alicyclic amines) is 1.